The maximum atomic E-state index is 11.9. The Morgan fingerprint density at radius 2 is 1.74 bits per heavy atom. The molecule has 172 valence electrons. The first kappa shape index (κ1) is 23.4. The zero-order valence-electron chi connectivity index (χ0n) is 17.5. The average molecular weight is 455 g/mol. The number of hydroxylamine groups is 2. The molecule has 5 amide bonds. The third-order valence-electron chi connectivity index (χ3n) is 5.66. The summed E-state index contributed by atoms with van der Waals surface area (Å²) in [6, 6.07) is 0.367. The van der Waals surface area contributed by atoms with Crippen molar-refractivity contribution in [1.82, 2.24) is 21.0 Å². The van der Waals surface area contributed by atoms with Gasteiger partial charge in [-0.15, -0.1) is 5.06 Å². The number of nitrogens with one attached hydrogen (secondary N) is 3. The number of rotatable bonds is 12. The number of amides is 5. The summed E-state index contributed by atoms with van der Waals surface area (Å²) < 4.78 is 0. The number of hydrogen-bond donors (Lipinski definition) is 3. The Bertz CT molecular complexity index is 702. The van der Waals surface area contributed by atoms with E-state index in [2.05, 4.69) is 16.0 Å². The first-order valence-corrected chi connectivity index (χ1v) is 12.0. The molecular weight excluding hydrogens is 424 g/mol. The van der Waals surface area contributed by atoms with Crippen LogP contribution in [0.1, 0.15) is 64.2 Å². The Kier molecular flexibility index (Phi) is 8.56. The van der Waals surface area contributed by atoms with Crippen LogP contribution in [0.4, 0.5) is 4.79 Å². The largest absolute Gasteiger partial charge is 0.356 e. The summed E-state index contributed by atoms with van der Waals surface area (Å²) in [5.41, 5.74) is 0. The molecule has 0 radical (unpaired) electrons. The van der Waals surface area contributed by atoms with E-state index in [0.29, 0.717) is 29.7 Å². The van der Waals surface area contributed by atoms with Crippen LogP contribution in [-0.4, -0.2) is 64.4 Å². The lowest BCUT2D eigenvalue weighted by Gasteiger charge is -2.16. The van der Waals surface area contributed by atoms with Gasteiger partial charge in [0.15, 0.2) is 0 Å². The predicted molar refractivity (Wildman–Crippen MR) is 113 cm³/mol. The van der Waals surface area contributed by atoms with E-state index in [9.17, 15) is 24.0 Å². The zero-order chi connectivity index (χ0) is 22.2. The van der Waals surface area contributed by atoms with Gasteiger partial charge in [0.25, 0.3) is 11.8 Å². The maximum Gasteiger partial charge on any atom is 0.333 e. The number of urea groups is 1. The first-order chi connectivity index (χ1) is 14.9. The fourth-order valence-electron chi connectivity index (χ4n) is 3.97. The van der Waals surface area contributed by atoms with Crippen LogP contribution in [0.5, 0.6) is 0 Å². The standard InChI is InChI=1S/C20H30N4O6S/c25-15(7-4-3-6-14-19-13(12-31-14)22-20(29)23-19)21-11-5-1-2-8-18(28)30-24-16(26)9-10-17(24)27/h13-14,19H,1-12H2,(H,21,25)(H2,22,23,29)/t13-,14-,19+/m1/s1. The molecule has 0 bridgehead atoms. The third-order valence-corrected chi connectivity index (χ3v) is 7.17. The number of fused-ring (bicyclic) bond motifs is 1. The van der Waals surface area contributed by atoms with Gasteiger partial charge in [-0.2, -0.15) is 11.8 Å². The number of unbranched alkanes of at least 4 members (excludes halogenated alkanes) is 3. The van der Waals surface area contributed by atoms with Gasteiger partial charge in [-0.05, 0) is 25.7 Å². The number of carbonyl (C=O) groups excluding carboxylic acids is 5. The van der Waals surface area contributed by atoms with E-state index >= 15 is 0 Å². The molecule has 10 nitrogen and oxygen atoms in total. The molecule has 3 fully saturated rings. The second-order valence-corrected chi connectivity index (χ2v) is 9.35. The van der Waals surface area contributed by atoms with E-state index in [-0.39, 0.29) is 43.3 Å². The van der Waals surface area contributed by atoms with Crippen LogP contribution in [0.2, 0.25) is 0 Å². The van der Waals surface area contributed by atoms with Gasteiger partial charge in [-0.25, -0.2) is 9.59 Å². The minimum atomic E-state index is -0.590. The maximum absolute atomic E-state index is 11.9. The molecule has 3 atom stereocenters. The molecule has 3 rings (SSSR count). The van der Waals surface area contributed by atoms with E-state index in [1.165, 1.54) is 0 Å². The molecule has 0 unspecified atom stereocenters. The molecule has 11 heteroatoms. The molecule has 0 aromatic heterocycles. The van der Waals surface area contributed by atoms with Crippen molar-refractivity contribution in [3.05, 3.63) is 0 Å². The quantitative estimate of drug-likeness (QED) is 0.227. The lowest BCUT2D eigenvalue weighted by atomic mass is 10.0. The normalized spacial score (nSPS) is 24.7. The molecule has 0 spiro atoms. The van der Waals surface area contributed by atoms with Gasteiger partial charge in [0.1, 0.15) is 0 Å². The highest BCUT2D eigenvalue weighted by Crippen LogP contribution is 2.33. The van der Waals surface area contributed by atoms with Crippen LogP contribution >= 0.6 is 11.8 Å². The minimum Gasteiger partial charge on any atom is -0.356 e. The topological polar surface area (TPSA) is 134 Å². The van der Waals surface area contributed by atoms with E-state index in [0.717, 1.165) is 37.9 Å². The average Bonchev–Trinajstić information content (AvgIpc) is 3.38. The number of nitrogens with zero attached hydrogens (tertiary/aromatic N) is 1. The summed E-state index contributed by atoms with van der Waals surface area (Å²) in [6.45, 7) is 0.552. The van der Waals surface area contributed by atoms with Gasteiger partial charge in [-0.3, -0.25) is 14.4 Å². The predicted octanol–water partition coefficient (Wildman–Crippen LogP) is 0.996. The fraction of sp³-hybridized carbons (Fsp3) is 0.750. The summed E-state index contributed by atoms with van der Waals surface area (Å²) in [7, 11) is 0. The highest BCUT2D eigenvalue weighted by molar-refractivity contribution is 8.00. The summed E-state index contributed by atoms with van der Waals surface area (Å²) >= 11 is 1.88. The molecular formula is C20H30N4O6S. The van der Waals surface area contributed by atoms with Crippen molar-refractivity contribution in [2.45, 2.75) is 81.5 Å². The van der Waals surface area contributed by atoms with E-state index in [1.807, 2.05) is 11.8 Å². The minimum absolute atomic E-state index is 0.0262. The zero-order valence-corrected chi connectivity index (χ0v) is 18.3. The molecule has 3 aliphatic rings. The van der Waals surface area contributed by atoms with Crippen LogP contribution in [-0.2, 0) is 24.0 Å². The van der Waals surface area contributed by atoms with Crippen LogP contribution in [0.25, 0.3) is 0 Å². The lowest BCUT2D eigenvalue weighted by Crippen LogP contribution is -2.36. The van der Waals surface area contributed by atoms with Crippen molar-refractivity contribution in [2.24, 2.45) is 0 Å². The van der Waals surface area contributed by atoms with Crippen LogP contribution in [0.3, 0.4) is 0 Å². The highest BCUT2D eigenvalue weighted by Gasteiger charge is 2.42. The Morgan fingerprint density at radius 1 is 1.00 bits per heavy atom. The Morgan fingerprint density at radius 3 is 2.52 bits per heavy atom. The third kappa shape index (κ3) is 6.84. The molecule has 3 heterocycles. The van der Waals surface area contributed by atoms with Gasteiger partial charge >= 0.3 is 12.0 Å². The number of hydrogen-bond acceptors (Lipinski definition) is 7. The van der Waals surface area contributed by atoms with Crippen molar-refractivity contribution < 1.29 is 28.8 Å². The van der Waals surface area contributed by atoms with Crippen LogP contribution in [0, 0.1) is 0 Å². The molecule has 0 saturated carbocycles. The van der Waals surface area contributed by atoms with E-state index < -0.39 is 17.8 Å². The fourth-order valence-corrected chi connectivity index (χ4v) is 5.51. The summed E-state index contributed by atoms with van der Waals surface area (Å²) in [5, 5.41) is 9.77. The molecule has 0 aliphatic carbocycles. The second-order valence-electron chi connectivity index (χ2n) is 8.07. The van der Waals surface area contributed by atoms with Crippen molar-refractivity contribution in [3.8, 4) is 0 Å². The van der Waals surface area contributed by atoms with Crippen molar-refractivity contribution >= 4 is 41.5 Å². The first-order valence-electron chi connectivity index (χ1n) is 11.0. The van der Waals surface area contributed by atoms with Crippen LogP contribution < -0.4 is 16.0 Å². The number of thioether (sulfide) groups is 1. The highest BCUT2D eigenvalue weighted by atomic mass is 32.2. The number of imide groups is 1. The summed E-state index contributed by atoms with van der Waals surface area (Å²) in [4.78, 5) is 62.6. The SMILES string of the molecule is O=C(CCCC[C@H]1SC[C@H]2NC(=O)N[C@@H]21)NCCCCCC(=O)ON1C(=O)CCC1=O. The molecule has 0 aromatic rings. The van der Waals surface area contributed by atoms with Crippen molar-refractivity contribution in [3.63, 3.8) is 0 Å². The molecule has 0 aromatic carbocycles. The van der Waals surface area contributed by atoms with Crippen LogP contribution in [0.15, 0.2) is 0 Å². The molecule has 3 aliphatic heterocycles. The summed E-state index contributed by atoms with van der Waals surface area (Å²) in [5.74, 6) is -0.574. The van der Waals surface area contributed by atoms with Crippen molar-refractivity contribution in [2.75, 3.05) is 12.3 Å². The van der Waals surface area contributed by atoms with Gasteiger partial charge < -0.3 is 20.8 Å². The van der Waals surface area contributed by atoms with E-state index in [4.69, 9.17) is 4.84 Å². The number of carbonyl (C=O) groups is 5. The second kappa shape index (κ2) is 11.4. The van der Waals surface area contributed by atoms with Gasteiger partial charge in [0, 0.05) is 43.2 Å². The summed E-state index contributed by atoms with van der Waals surface area (Å²) in [6.07, 6.45) is 5.60. The molecule has 3 N–H and O–H groups in total. The molecule has 3 saturated heterocycles. The Balaban J connectivity index is 1.15. The Labute approximate surface area is 185 Å². The van der Waals surface area contributed by atoms with E-state index in [1.54, 1.807) is 0 Å². The Hall–Kier alpha value is -2.30. The smallest absolute Gasteiger partial charge is 0.333 e. The monoisotopic (exact) mass is 454 g/mol. The van der Waals surface area contributed by atoms with Gasteiger partial charge in [-0.1, -0.05) is 12.8 Å². The van der Waals surface area contributed by atoms with Crippen molar-refractivity contribution in [1.29, 1.82) is 0 Å². The lowest BCUT2D eigenvalue weighted by molar-refractivity contribution is -0.197. The van der Waals surface area contributed by atoms with Gasteiger partial charge in [0.2, 0.25) is 5.91 Å². The van der Waals surface area contributed by atoms with Gasteiger partial charge in [0.05, 0.1) is 12.1 Å². The molecule has 31 heavy (non-hydrogen) atoms.